The van der Waals surface area contributed by atoms with Gasteiger partial charge in [0.15, 0.2) is 11.6 Å². The summed E-state index contributed by atoms with van der Waals surface area (Å²) >= 11 is 0. The Morgan fingerprint density at radius 3 is 2.37 bits per heavy atom. The number of hydrogen-bond acceptors (Lipinski definition) is 6. The molecule has 0 aliphatic rings. The number of methoxy groups -OCH3 is 1. The summed E-state index contributed by atoms with van der Waals surface area (Å²) in [6, 6.07) is 13.9. The Morgan fingerprint density at radius 1 is 1.05 bits per heavy atom. The van der Waals surface area contributed by atoms with Crippen LogP contribution < -0.4 is 4.74 Å². The van der Waals surface area contributed by atoms with Crippen LogP contribution in [0.1, 0.15) is 30.5 Å². The van der Waals surface area contributed by atoms with Gasteiger partial charge in [-0.1, -0.05) is 17.7 Å². The van der Waals surface area contributed by atoms with Crippen molar-refractivity contribution in [3.63, 3.8) is 0 Å². The second kappa shape index (κ2) is 9.91. The number of rotatable bonds is 7. The lowest BCUT2D eigenvalue weighted by molar-refractivity contribution is -0.150. The summed E-state index contributed by atoms with van der Waals surface area (Å²) in [5, 5.41) is 9.49. The molecule has 0 aliphatic carbocycles. The van der Waals surface area contributed by atoms with Crippen molar-refractivity contribution in [2.75, 3.05) is 7.11 Å². The van der Waals surface area contributed by atoms with E-state index in [1.54, 1.807) is 32.0 Å². The first kappa shape index (κ1) is 26.8. The minimum Gasteiger partial charge on any atom is -0.469 e. The van der Waals surface area contributed by atoms with Gasteiger partial charge in [0.25, 0.3) is 10.0 Å². The third kappa shape index (κ3) is 4.85. The molecule has 4 rings (SSSR count). The predicted molar refractivity (Wildman–Crippen MR) is 136 cm³/mol. The highest BCUT2D eigenvalue weighted by atomic mass is 32.2. The van der Waals surface area contributed by atoms with Crippen molar-refractivity contribution in [3.8, 4) is 17.6 Å². The maximum Gasteiger partial charge on any atom is 0.311 e. The van der Waals surface area contributed by atoms with Crippen LogP contribution >= 0.6 is 0 Å². The van der Waals surface area contributed by atoms with Gasteiger partial charge in [0, 0.05) is 29.3 Å². The average molecular weight is 539 g/mol. The maximum absolute atomic E-state index is 15.7. The van der Waals surface area contributed by atoms with Crippen molar-refractivity contribution in [2.45, 2.75) is 32.1 Å². The van der Waals surface area contributed by atoms with Crippen LogP contribution in [0.4, 0.5) is 8.78 Å². The molecule has 196 valence electrons. The van der Waals surface area contributed by atoms with Crippen molar-refractivity contribution < 1.29 is 31.5 Å². The molecule has 1 heterocycles. The first-order valence-corrected chi connectivity index (χ1v) is 12.9. The third-order valence-electron chi connectivity index (χ3n) is 6.18. The van der Waals surface area contributed by atoms with E-state index in [1.165, 1.54) is 37.6 Å². The Balaban J connectivity index is 1.94. The number of benzene rings is 3. The number of halogens is 2. The van der Waals surface area contributed by atoms with Gasteiger partial charge in [-0.05, 0) is 57.5 Å². The molecule has 4 aromatic rings. The molecule has 0 N–H and O–H groups in total. The van der Waals surface area contributed by atoms with Gasteiger partial charge in [0.2, 0.25) is 0 Å². The van der Waals surface area contributed by atoms with E-state index in [-0.39, 0.29) is 39.5 Å². The van der Waals surface area contributed by atoms with E-state index in [2.05, 4.69) is 0 Å². The van der Waals surface area contributed by atoms with Crippen LogP contribution in [0, 0.1) is 35.3 Å². The number of fused-ring (bicyclic) bond motifs is 1. The summed E-state index contributed by atoms with van der Waals surface area (Å²) in [5.74, 6) is -2.53. The SMILES string of the molecule is COC(=O)C(C)(C)Cc1c(Oc2ccc(F)c(C#N)c2)c(F)cc2c1ccn2S(=O)(=O)c1ccc(C)cc1. The lowest BCUT2D eigenvalue weighted by atomic mass is 9.84. The molecular formula is C28H24F2N2O5S. The first-order chi connectivity index (χ1) is 17.9. The van der Waals surface area contributed by atoms with Gasteiger partial charge in [-0.3, -0.25) is 4.79 Å². The highest BCUT2D eigenvalue weighted by Gasteiger charge is 2.33. The number of carbonyl (C=O) groups is 1. The van der Waals surface area contributed by atoms with Gasteiger partial charge in [-0.2, -0.15) is 5.26 Å². The summed E-state index contributed by atoms with van der Waals surface area (Å²) in [5.41, 5.74) is -0.317. The summed E-state index contributed by atoms with van der Waals surface area (Å²) in [7, 11) is -2.85. The number of carbonyl (C=O) groups excluding carboxylic acids is 1. The van der Waals surface area contributed by atoms with Crippen LogP contribution in [0.2, 0.25) is 0 Å². The molecule has 0 aliphatic heterocycles. The fourth-order valence-electron chi connectivity index (χ4n) is 4.16. The van der Waals surface area contributed by atoms with Gasteiger partial charge in [-0.15, -0.1) is 0 Å². The van der Waals surface area contributed by atoms with Crippen LogP contribution in [0.5, 0.6) is 11.5 Å². The Hall–Kier alpha value is -4.23. The zero-order chi connectivity index (χ0) is 27.8. The summed E-state index contributed by atoms with van der Waals surface area (Å²) in [6.45, 7) is 5.03. The summed E-state index contributed by atoms with van der Waals surface area (Å²) in [6.07, 6.45) is 1.23. The minimum absolute atomic E-state index is 0.00923. The Bertz CT molecular complexity index is 1700. The summed E-state index contributed by atoms with van der Waals surface area (Å²) in [4.78, 5) is 12.5. The largest absolute Gasteiger partial charge is 0.469 e. The second-order valence-corrected chi connectivity index (χ2v) is 11.3. The van der Waals surface area contributed by atoms with Crippen LogP contribution in [0.3, 0.4) is 0 Å². The second-order valence-electron chi connectivity index (χ2n) is 9.44. The van der Waals surface area contributed by atoms with E-state index in [1.807, 2.05) is 6.92 Å². The molecule has 0 unspecified atom stereocenters. The van der Waals surface area contributed by atoms with Crippen molar-refractivity contribution in [1.82, 2.24) is 3.97 Å². The van der Waals surface area contributed by atoms with Crippen LogP contribution in [0.25, 0.3) is 10.9 Å². The molecular weight excluding hydrogens is 514 g/mol. The molecule has 7 nitrogen and oxygen atoms in total. The Morgan fingerprint density at radius 2 is 1.74 bits per heavy atom. The molecule has 0 atom stereocenters. The van der Waals surface area contributed by atoms with E-state index in [4.69, 9.17) is 14.7 Å². The number of aryl methyl sites for hydroxylation is 1. The number of aromatic nitrogens is 1. The number of nitrogens with zero attached hydrogens (tertiary/aromatic N) is 2. The summed E-state index contributed by atoms with van der Waals surface area (Å²) < 4.78 is 68.1. The number of nitriles is 1. The van der Waals surface area contributed by atoms with Gasteiger partial charge in [0.1, 0.15) is 17.6 Å². The van der Waals surface area contributed by atoms with E-state index in [0.717, 1.165) is 27.7 Å². The molecule has 0 fully saturated rings. The molecule has 0 radical (unpaired) electrons. The standard InChI is InChI=1S/C28H24F2N2O5S/c1-17-5-8-20(9-6-17)38(34,35)32-12-11-21-22(15-28(2,3)27(33)36-4)26(24(30)14-25(21)32)37-19-7-10-23(29)18(13-19)16-31/h5-14H,15H2,1-4H3. The smallest absolute Gasteiger partial charge is 0.311 e. The van der Waals surface area contributed by atoms with Crippen LogP contribution in [0.15, 0.2) is 65.7 Å². The van der Waals surface area contributed by atoms with Gasteiger partial charge in [-0.25, -0.2) is 21.2 Å². The minimum atomic E-state index is -4.08. The highest BCUT2D eigenvalue weighted by Crippen LogP contribution is 2.40. The normalized spacial score (nSPS) is 11.8. The average Bonchev–Trinajstić information content (AvgIpc) is 3.31. The maximum atomic E-state index is 15.7. The Kier molecular flexibility index (Phi) is 7.00. The fraction of sp³-hybridized carbons (Fsp3) is 0.214. The van der Waals surface area contributed by atoms with E-state index >= 15 is 4.39 Å². The molecule has 0 bridgehead atoms. The van der Waals surface area contributed by atoms with Gasteiger partial charge < -0.3 is 9.47 Å². The van der Waals surface area contributed by atoms with Crippen molar-refractivity contribution in [3.05, 3.63) is 89.1 Å². The zero-order valence-corrected chi connectivity index (χ0v) is 21.9. The van der Waals surface area contributed by atoms with Crippen molar-refractivity contribution >= 4 is 26.9 Å². The molecule has 1 aromatic heterocycles. The molecule has 3 aromatic carbocycles. The molecule has 0 saturated carbocycles. The quantitative estimate of drug-likeness (QED) is 0.273. The molecule has 38 heavy (non-hydrogen) atoms. The third-order valence-corrected chi connectivity index (χ3v) is 7.89. The van der Waals surface area contributed by atoms with Crippen molar-refractivity contribution in [1.29, 1.82) is 5.26 Å². The molecule has 0 saturated heterocycles. The lowest BCUT2D eigenvalue weighted by Gasteiger charge is -2.24. The van der Waals surface area contributed by atoms with Crippen molar-refractivity contribution in [2.24, 2.45) is 5.41 Å². The fourth-order valence-corrected chi connectivity index (χ4v) is 5.49. The Labute approximate surface area is 218 Å². The van der Waals surface area contributed by atoms with Gasteiger partial charge in [0.05, 0.1) is 28.5 Å². The number of ether oxygens (including phenoxy) is 2. The lowest BCUT2D eigenvalue weighted by Crippen LogP contribution is -2.28. The number of esters is 1. The highest BCUT2D eigenvalue weighted by molar-refractivity contribution is 7.90. The van der Waals surface area contributed by atoms with Gasteiger partial charge >= 0.3 is 5.97 Å². The predicted octanol–water partition coefficient (Wildman–Crippen LogP) is 5.87. The van der Waals surface area contributed by atoms with E-state index < -0.39 is 33.0 Å². The first-order valence-electron chi connectivity index (χ1n) is 11.5. The number of hydrogen-bond donors (Lipinski definition) is 0. The van der Waals surface area contributed by atoms with E-state index in [0.29, 0.717) is 5.39 Å². The molecule has 0 spiro atoms. The molecule has 0 amide bonds. The van der Waals surface area contributed by atoms with Crippen LogP contribution in [-0.4, -0.2) is 25.5 Å². The molecule has 10 heteroatoms. The van der Waals surface area contributed by atoms with Crippen LogP contribution in [-0.2, 0) is 26.0 Å². The topological polar surface area (TPSA) is 98.4 Å². The van der Waals surface area contributed by atoms with E-state index in [9.17, 15) is 17.6 Å². The monoisotopic (exact) mass is 538 g/mol. The zero-order valence-electron chi connectivity index (χ0n) is 21.1.